The van der Waals surface area contributed by atoms with Crippen molar-refractivity contribution in [3.05, 3.63) is 23.3 Å². The molecule has 1 aromatic rings. The lowest BCUT2D eigenvalue weighted by Gasteiger charge is -2.12. The highest BCUT2D eigenvalue weighted by Crippen LogP contribution is 2.30. The van der Waals surface area contributed by atoms with Gasteiger partial charge in [0.1, 0.15) is 0 Å². The van der Waals surface area contributed by atoms with Crippen molar-refractivity contribution in [2.45, 2.75) is 20.3 Å². The molecule has 0 saturated heterocycles. The van der Waals surface area contributed by atoms with Crippen molar-refractivity contribution in [2.24, 2.45) is 0 Å². The van der Waals surface area contributed by atoms with E-state index < -0.39 is 0 Å². The molecule has 1 N–H and O–H groups in total. The van der Waals surface area contributed by atoms with Gasteiger partial charge in [-0.3, -0.25) is 4.79 Å². The quantitative estimate of drug-likeness (QED) is 0.847. The Labute approximate surface area is 102 Å². The third kappa shape index (κ3) is 3.66. The summed E-state index contributed by atoms with van der Waals surface area (Å²) in [6.07, 6.45) is 0.783. The minimum absolute atomic E-state index is 0.0110. The Morgan fingerprint density at radius 3 is 2.35 bits per heavy atom. The van der Waals surface area contributed by atoms with Crippen LogP contribution in [-0.4, -0.2) is 26.7 Å². The molecule has 0 fully saturated rings. The molecule has 0 unspecified atom stereocenters. The first kappa shape index (κ1) is 13.4. The van der Waals surface area contributed by atoms with Crippen molar-refractivity contribution >= 4 is 5.91 Å². The summed E-state index contributed by atoms with van der Waals surface area (Å²) < 4.78 is 10.5. The predicted octanol–water partition coefficient (Wildman–Crippen LogP) is 1.69. The number of amides is 1. The number of hydrogen-bond acceptors (Lipinski definition) is 3. The van der Waals surface area contributed by atoms with Crippen LogP contribution in [0.1, 0.15) is 18.1 Å². The van der Waals surface area contributed by atoms with Gasteiger partial charge < -0.3 is 14.8 Å². The second kappa shape index (κ2) is 6.13. The van der Waals surface area contributed by atoms with Crippen molar-refractivity contribution in [2.75, 3.05) is 20.8 Å². The van der Waals surface area contributed by atoms with Crippen LogP contribution in [0.4, 0.5) is 0 Å². The number of benzene rings is 1. The molecule has 0 aromatic heterocycles. The molecule has 1 rings (SSSR count). The van der Waals surface area contributed by atoms with Gasteiger partial charge in [0.2, 0.25) is 5.91 Å². The normalized spacial score (nSPS) is 9.88. The lowest BCUT2D eigenvalue weighted by Crippen LogP contribution is -2.22. The van der Waals surface area contributed by atoms with E-state index in [1.54, 1.807) is 14.2 Å². The average Bonchev–Trinajstić information content (AvgIpc) is 2.30. The van der Waals surface area contributed by atoms with Crippen molar-refractivity contribution < 1.29 is 14.3 Å². The molecule has 1 aromatic carbocycles. The molecule has 0 aliphatic rings. The minimum atomic E-state index is -0.0110. The van der Waals surface area contributed by atoms with Gasteiger partial charge in [0.05, 0.1) is 14.2 Å². The van der Waals surface area contributed by atoms with Gasteiger partial charge >= 0.3 is 0 Å². The zero-order valence-corrected chi connectivity index (χ0v) is 10.8. The van der Waals surface area contributed by atoms with E-state index in [1.807, 2.05) is 19.1 Å². The van der Waals surface area contributed by atoms with Crippen molar-refractivity contribution in [3.8, 4) is 11.5 Å². The van der Waals surface area contributed by atoms with Gasteiger partial charge in [-0.15, -0.1) is 0 Å². The number of carbonyl (C=O) groups is 1. The third-order valence-electron chi connectivity index (χ3n) is 2.61. The van der Waals surface area contributed by atoms with Gasteiger partial charge in [-0.1, -0.05) is 0 Å². The summed E-state index contributed by atoms with van der Waals surface area (Å²) in [6.45, 7) is 4.16. The van der Waals surface area contributed by atoms with E-state index in [0.717, 1.165) is 29.0 Å². The smallest absolute Gasteiger partial charge is 0.216 e. The highest BCUT2D eigenvalue weighted by atomic mass is 16.5. The largest absolute Gasteiger partial charge is 0.493 e. The van der Waals surface area contributed by atoms with Gasteiger partial charge in [0.25, 0.3) is 0 Å². The second-order valence-electron chi connectivity index (χ2n) is 3.87. The Morgan fingerprint density at radius 1 is 1.24 bits per heavy atom. The first-order valence-corrected chi connectivity index (χ1v) is 5.54. The summed E-state index contributed by atoms with van der Waals surface area (Å²) in [4.78, 5) is 10.8. The van der Waals surface area contributed by atoms with Crippen LogP contribution in [0.3, 0.4) is 0 Å². The van der Waals surface area contributed by atoms with Crippen LogP contribution in [0.15, 0.2) is 12.1 Å². The van der Waals surface area contributed by atoms with Crippen LogP contribution in [0.5, 0.6) is 11.5 Å². The van der Waals surface area contributed by atoms with Gasteiger partial charge in [0, 0.05) is 13.5 Å². The summed E-state index contributed by atoms with van der Waals surface area (Å²) in [5.74, 6) is 1.44. The van der Waals surface area contributed by atoms with Crippen LogP contribution in [0, 0.1) is 6.92 Å². The number of aryl methyl sites for hydroxylation is 1. The summed E-state index contributed by atoms with van der Waals surface area (Å²) >= 11 is 0. The van der Waals surface area contributed by atoms with Crippen LogP contribution in [0.25, 0.3) is 0 Å². The molecule has 1 amide bonds. The number of nitrogens with one attached hydrogen (secondary N) is 1. The van der Waals surface area contributed by atoms with E-state index >= 15 is 0 Å². The Morgan fingerprint density at radius 2 is 1.82 bits per heavy atom. The molecule has 4 heteroatoms. The maximum atomic E-state index is 10.8. The fourth-order valence-electron chi connectivity index (χ4n) is 1.67. The number of methoxy groups -OCH3 is 2. The van der Waals surface area contributed by atoms with E-state index in [1.165, 1.54) is 6.92 Å². The predicted molar refractivity (Wildman–Crippen MR) is 66.7 cm³/mol. The Bertz CT molecular complexity index is 402. The maximum absolute atomic E-state index is 10.8. The summed E-state index contributed by atoms with van der Waals surface area (Å²) in [5, 5.41) is 2.78. The molecule has 0 atom stereocenters. The lowest BCUT2D eigenvalue weighted by molar-refractivity contribution is -0.118. The summed E-state index contributed by atoms with van der Waals surface area (Å²) in [6, 6.07) is 3.90. The number of hydrogen-bond donors (Lipinski definition) is 1. The fraction of sp³-hybridized carbons (Fsp3) is 0.462. The molecule has 0 aliphatic heterocycles. The number of rotatable bonds is 5. The van der Waals surface area contributed by atoms with Crippen LogP contribution < -0.4 is 14.8 Å². The standard InChI is InChI=1S/C13H19NO3/c1-9-7-12(16-3)13(17-4)8-11(9)5-6-14-10(2)15/h7-8H,5-6H2,1-4H3,(H,14,15). The van der Waals surface area contributed by atoms with Crippen LogP contribution in [0.2, 0.25) is 0 Å². The Balaban J connectivity index is 2.81. The maximum Gasteiger partial charge on any atom is 0.216 e. The van der Waals surface area contributed by atoms with Gasteiger partial charge in [-0.05, 0) is 36.6 Å². The Hall–Kier alpha value is -1.71. The molecule has 4 nitrogen and oxygen atoms in total. The topological polar surface area (TPSA) is 47.6 Å². The van der Waals surface area contributed by atoms with E-state index in [9.17, 15) is 4.79 Å². The molecule has 17 heavy (non-hydrogen) atoms. The van der Waals surface area contributed by atoms with Gasteiger partial charge in [0.15, 0.2) is 11.5 Å². The summed E-state index contributed by atoms with van der Waals surface area (Å²) in [7, 11) is 3.24. The van der Waals surface area contributed by atoms with Crippen LogP contribution >= 0.6 is 0 Å². The SMILES string of the molecule is COc1cc(C)c(CCNC(C)=O)cc1OC. The molecule has 0 bridgehead atoms. The third-order valence-corrected chi connectivity index (χ3v) is 2.61. The zero-order valence-electron chi connectivity index (χ0n) is 10.8. The highest BCUT2D eigenvalue weighted by molar-refractivity contribution is 5.72. The van der Waals surface area contributed by atoms with E-state index in [-0.39, 0.29) is 5.91 Å². The van der Waals surface area contributed by atoms with Crippen molar-refractivity contribution in [1.29, 1.82) is 0 Å². The minimum Gasteiger partial charge on any atom is -0.493 e. The van der Waals surface area contributed by atoms with E-state index in [2.05, 4.69) is 5.32 Å². The van der Waals surface area contributed by atoms with E-state index in [4.69, 9.17) is 9.47 Å². The average molecular weight is 237 g/mol. The number of ether oxygens (including phenoxy) is 2. The van der Waals surface area contributed by atoms with Gasteiger partial charge in [-0.2, -0.15) is 0 Å². The highest BCUT2D eigenvalue weighted by Gasteiger charge is 2.08. The molecule has 0 spiro atoms. The molecule has 0 radical (unpaired) electrons. The first-order valence-electron chi connectivity index (χ1n) is 5.54. The van der Waals surface area contributed by atoms with Crippen molar-refractivity contribution in [1.82, 2.24) is 5.32 Å². The zero-order chi connectivity index (χ0) is 12.8. The first-order chi connectivity index (χ1) is 8.08. The molecule has 0 saturated carbocycles. The Kier molecular flexibility index (Phi) is 4.82. The molecule has 94 valence electrons. The van der Waals surface area contributed by atoms with Crippen molar-refractivity contribution in [3.63, 3.8) is 0 Å². The molecule has 0 heterocycles. The fourth-order valence-corrected chi connectivity index (χ4v) is 1.67. The second-order valence-corrected chi connectivity index (χ2v) is 3.87. The number of carbonyl (C=O) groups excluding carboxylic acids is 1. The van der Waals surface area contributed by atoms with Crippen LogP contribution in [-0.2, 0) is 11.2 Å². The monoisotopic (exact) mass is 237 g/mol. The summed E-state index contributed by atoms with van der Waals surface area (Å²) in [5.41, 5.74) is 2.28. The van der Waals surface area contributed by atoms with E-state index in [0.29, 0.717) is 6.54 Å². The molecule has 0 aliphatic carbocycles. The lowest BCUT2D eigenvalue weighted by atomic mass is 10.0. The molecular weight excluding hydrogens is 218 g/mol. The van der Waals surface area contributed by atoms with Gasteiger partial charge in [-0.25, -0.2) is 0 Å². The molecular formula is C13H19NO3.